The monoisotopic (exact) mass is 494 g/mol. The fourth-order valence-electron chi connectivity index (χ4n) is 3.42. The highest BCUT2D eigenvalue weighted by Gasteiger charge is 2.30. The van der Waals surface area contributed by atoms with Gasteiger partial charge in [-0.3, -0.25) is 9.59 Å². The molecule has 1 N–H and O–H groups in total. The lowest BCUT2D eigenvalue weighted by Gasteiger charge is -2.31. The van der Waals surface area contributed by atoms with Crippen molar-refractivity contribution in [3.63, 3.8) is 0 Å². The molecule has 0 bridgehead atoms. The van der Waals surface area contributed by atoms with Gasteiger partial charge in [0.1, 0.15) is 11.8 Å². The van der Waals surface area contributed by atoms with Crippen molar-refractivity contribution in [2.24, 2.45) is 0 Å². The number of hydrogen-bond donors (Lipinski definition) is 1. The minimum Gasteiger partial charge on any atom is -0.484 e. The van der Waals surface area contributed by atoms with Crippen LogP contribution < -0.4 is 10.1 Å². The normalized spacial score (nSPS) is 11.4. The number of para-hydroxylation sites is 1. The number of carbonyl (C=O) groups excluding carboxylic acids is 2. The molecule has 166 valence electrons. The molecule has 32 heavy (non-hydrogen) atoms. The summed E-state index contributed by atoms with van der Waals surface area (Å²) >= 11 is 3.49. The quantitative estimate of drug-likeness (QED) is 0.447. The third-order valence-corrected chi connectivity index (χ3v) is 5.46. The number of likely N-dealkylation sites (N-methyl/N-ethyl adjacent to an activating group) is 1. The first-order valence-corrected chi connectivity index (χ1v) is 11.4. The van der Waals surface area contributed by atoms with Crippen LogP contribution in [0.4, 0.5) is 0 Å². The molecule has 3 aromatic rings. The highest BCUT2D eigenvalue weighted by atomic mass is 79.9. The van der Waals surface area contributed by atoms with Crippen LogP contribution in [0.2, 0.25) is 0 Å². The lowest BCUT2D eigenvalue weighted by Crippen LogP contribution is -2.51. The molecule has 0 aliphatic heterocycles. The Morgan fingerprint density at radius 2 is 1.59 bits per heavy atom. The molecule has 0 radical (unpaired) electrons. The summed E-state index contributed by atoms with van der Waals surface area (Å²) in [6.07, 6.45) is 0.414. The van der Waals surface area contributed by atoms with Crippen LogP contribution in [0, 0.1) is 0 Å². The summed E-state index contributed by atoms with van der Waals surface area (Å²) in [5, 5.41) is 2.89. The van der Waals surface area contributed by atoms with Gasteiger partial charge in [-0.25, -0.2) is 0 Å². The fraction of sp³-hybridized carbons (Fsp3) is 0.231. The Bertz CT molecular complexity index is 1010. The van der Waals surface area contributed by atoms with E-state index in [0.717, 1.165) is 15.6 Å². The van der Waals surface area contributed by atoms with E-state index < -0.39 is 6.04 Å². The third kappa shape index (κ3) is 6.95. The Morgan fingerprint density at radius 3 is 2.25 bits per heavy atom. The second kappa shape index (κ2) is 12.1. The number of carbonyl (C=O) groups is 2. The summed E-state index contributed by atoms with van der Waals surface area (Å²) in [5.41, 5.74) is 1.91. The van der Waals surface area contributed by atoms with Crippen molar-refractivity contribution in [2.75, 3.05) is 13.2 Å². The van der Waals surface area contributed by atoms with E-state index in [1.54, 1.807) is 17.0 Å². The molecular formula is C26H27BrN2O3. The lowest BCUT2D eigenvalue weighted by molar-refractivity contribution is -0.142. The number of ether oxygens (including phenoxy) is 1. The molecule has 0 aliphatic carbocycles. The van der Waals surface area contributed by atoms with E-state index in [0.29, 0.717) is 25.3 Å². The molecule has 6 heteroatoms. The van der Waals surface area contributed by atoms with Crippen LogP contribution >= 0.6 is 15.9 Å². The second-order valence-corrected chi connectivity index (χ2v) is 8.27. The van der Waals surface area contributed by atoms with Crippen molar-refractivity contribution in [1.29, 1.82) is 0 Å². The van der Waals surface area contributed by atoms with Gasteiger partial charge >= 0.3 is 0 Å². The fourth-order valence-corrected chi connectivity index (χ4v) is 3.87. The van der Waals surface area contributed by atoms with E-state index in [9.17, 15) is 9.59 Å². The minimum atomic E-state index is -0.664. The van der Waals surface area contributed by atoms with Crippen molar-refractivity contribution in [1.82, 2.24) is 10.2 Å². The van der Waals surface area contributed by atoms with Gasteiger partial charge in [0.15, 0.2) is 6.61 Å². The van der Waals surface area contributed by atoms with Crippen LogP contribution in [0.5, 0.6) is 5.75 Å². The number of hydrogen-bond acceptors (Lipinski definition) is 3. The Labute approximate surface area is 197 Å². The smallest absolute Gasteiger partial charge is 0.261 e. The number of halogens is 1. The maximum Gasteiger partial charge on any atom is 0.261 e. The maximum absolute atomic E-state index is 13.4. The first-order chi connectivity index (χ1) is 15.6. The molecule has 0 heterocycles. The van der Waals surface area contributed by atoms with Gasteiger partial charge in [-0.2, -0.15) is 0 Å². The molecule has 3 rings (SSSR count). The molecule has 0 saturated carbocycles. The summed E-state index contributed by atoms with van der Waals surface area (Å²) in [5.74, 6) is 0.182. The van der Waals surface area contributed by atoms with Crippen molar-refractivity contribution >= 4 is 27.7 Å². The van der Waals surface area contributed by atoms with Crippen LogP contribution in [0.25, 0.3) is 0 Å². The molecule has 2 amide bonds. The van der Waals surface area contributed by atoms with Crippen LogP contribution in [0.1, 0.15) is 18.1 Å². The van der Waals surface area contributed by atoms with Gasteiger partial charge in [0.2, 0.25) is 5.91 Å². The summed E-state index contributed by atoms with van der Waals surface area (Å²) in [7, 11) is 0. The summed E-state index contributed by atoms with van der Waals surface area (Å²) in [6, 6.07) is 26.0. The predicted octanol–water partition coefficient (Wildman–Crippen LogP) is 4.60. The Kier molecular flexibility index (Phi) is 8.87. The first-order valence-electron chi connectivity index (χ1n) is 10.6. The van der Waals surface area contributed by atoms with Crippen LogP contribution in [-0.4, -0.2) is 35.9 Å². The van der Waals surface area contributed by atoms with E-state index in [2.05, 4.69) is 21.2 Å². The summed E-state index contributed by atoms with van der Waals surface area (Å²) < 4.78 is 6.64. The Hall–Kier alpha value is -3.12. The zero-order valence-electron chi connectivity index (χ0n) is 18.0. The van der Waals surface area contributed by atoms with Gasteiger partial charge in [0.05, 0.1) is 0 Å². The van der Waals surface area contributed by atoms with Crippen molar-refractivity contribution < 1.29 is 14.3 Å². The number of nitrogens with zero attached hydrogens (tertiary/aromatic N) is 1. The first kappa shape index (κ1) is 23.5. The van der Waals surface area contributed by atoms with E-state index >= 15 is 0 Å². The molecule has 3 aromatic carbocycles. The maximum atomic E-state index is 13.4. The van der Waals surface area contributed by atoms with E-state index in [1.165, 1.54) is 0 Å². The molecule has 0 aromatic heterocycles. The predicted molar refractivity (Wildman–Crippen MR) is 129 cm³/mol. The standard InChI is InChI=1S/C26H27BrN2O3/c1-2-28-26(31)24(17-20-10-5-3-6-11-20)29(18-21-12-9-13-22(27)16-21)25(30)19-32-23-14-7-4-8-15-23/h3-16,24H,2,17-19H2,1H3,(H,28,31)/t24-/m1/s1. The van der Waals surface area contributed by atoms with Crippen LogP contribution in [-0.2, 0) is 22.6 Å². The van der Waals surface area contributed by atoms with Crippen LogP contribution in [0.3, 0.4) is 0 Å². The topological polar surface area (TPSA) is 58.6 Å². The van der Waals surface area contributed by atoms with Crippen LogP contribution in [0.15, 0.2) is 89.4 Å². The minimum absolute atomic E-state index is 0.150. The molecule has 0 unspecified atom stereocenters. The van der Waals surface area contributed by atoms with E-state index in [1.807, 2.05) is 79.7 Å². The number of rotatable bonds is 10. The average Bonchev–Trinajstić information content (AvgIpc) is 2.81. The number of amides is 2. The molecule has 0 fully saturated rings. The van der Waals surface area contributed by atoms with Gasteiger partial charge < -0.3 is 15.0 Å². The summed E-state index contributed by atoms with van der Waals surface area (Å²) in [4.78, 5) is 28.0. The van der Waals surface area contributed by atoms with Gasteiger partial charge in [-0.15, -0.1) is 0 Å². The molecular weight excluding hydrogens is 468 g/mol. The third-order valence-electron chi connectivity index (χ3n) is 4.97. The SMILES string of the molecule is CCNC(=O)[C@@H](Cc1ccccc1)N(Cc1cccc(Br)c1)C(=O)COc1ccccc1. The van der Waals surface area contributed by atoms with Gasteiger partial charge in [-0.05, 0) is 42.3 Å². The van der Waals surface area contributed by atoms with Crippen molar-refractivity contribution in [3.8, 4) is 5.75 Å². The zero-order chi connectivity index (χ0) is 22.8. The molecule has 0 spiro atoms. The largest absolute Gasteiger partial charge is 0.484 e. The van der Waals surface area contributed by atoms with Crippen molar-refractivity contribution in [3.05, 3.63) is 101 Å². The van der Waals surface area contributed by atoms with Crippen molar-refractivity contribution in [2.45, 2.75) is 25.9 Å². The van der Waals surface area contributed by atoms with Gasteiger partial charge in [-0.1, -0.05) is 76.6 Å². The highest BCUT2D eigenvalue weighted by molar-refractivity contribution is 9.10. The number of nitrogens with one attached hydrogen (secondary N) is 1. The lowest BCUT2D eigenvalue weighted by atomic mass is 10.0. The molecule has 0 aliphatic rings. The average molecular weight is 495 g/mol. The summed E-state index contributed by atoms with van der Waals surface area (Å²) in [6.45, 7) is 2.51. The van der Waals surface area contributed by atoms with Gasteiger partial charge in [0.25, 0.3) is 5.91 Å². The zero-order valence-corrected chi connectivity index (χ0v) is 19.6. The number of benzene rings is 3. The molecule has 1 atom stereocenters. The molecule has 5 nitrogen and oxygen atoms in total. The van der Waals surface area contributed by atoms with E-state index in [-0.39, 0.29) is 18.4 Å². The Balaban J connectivity index is 1.88. The Morgan fingerprint density at radius 1 is 0.938 bits per heavy atom. The van der Waals surface area contributed by atoms with Gasteiger partial charge in [0, 0.05) is 24.0 Å². The molecule has 0 saturated heterocycles. The second-order valence-electron chi connectivity index (χ2n) is 7.35. The van der Waals surface area contributed by atoms with E-state index in [4.69, 9.17) is 4.74 Å². The highest BCUT2D eigenvalue weighted by Crippen LogP contribution is 2.18.